The molecule has 98 valence electrons. The SMILES string of the molecule is COCCS(=O)(=O)NCC[C@H]1CCCN1.Cl. The molecule has 1 saturated heterocycles. The fourth-order valence-electron chi connectivity index (χ4n) is 1.66. The fraction of sp³-hybridized carbons (Fsp3) is 1.00. The lowest BCUT2D eigenvalue weighted by molar-refractivity contribution is 0.217. The summed E-state index contributed by atoms with van der Waals surface area (Å²) in [5.74, 6) is 0.0432. The van der Waals surface area contributed by atoms with Gasteiger partial charge >= 0.3 is 0 Å². The number of methoxy groups -OCH3 is 1. The van der Waals surface area contributed by atoms with E-state index >= 15 is 0 Å². The Morgan fingerprint density at radius 2 is 2.25 bits per heavy atom. The highest BCUT2D eigenvalue weighted by Gasteiger charge is 2.15. The standard InChI is InChI=1S/C9H20N2O3S.ClH/c1-14-7-8-15(12,13)11-6-4-9-3-2-5-10-9;/h9-11H,2-8H2,1H3;1H/t9-;/m1./s1. The largest absolute Gasteiger partial charge is 0.384 e. The first-order chi connectivity index (χ1) is 7.14. The summed E-state index contributed by atoms with van der Waals surface area (Å²) in [7, 11) is -1.64. The Bertz CT molecular complexity index is 266. The molecule has 1 rings (SSSR count). The third-order valence-electron chi connectivity index (χ3n) is 2.53. The maximum absolute atomic E-state index is 11.4. The van der Waals surface area contributed by atoms with Crippen LogP contribution in [0.3, 0.4) is 0 Å². The first-order valence-electron chi connectivity index (χ1n) is 5.34. The van der Waals surface area contributed by atoms with Crippen molar-refractivity contribution in [3.05, 3.63) is 0 Å². The van der Waals surface area contributed by atoms with Crippen molar-refractivity contribution in [2.75, 3.05) is 32.6 Å². The van der Waals surface area contributed by atoms with E-state index in [0.717, 1.165) is 19.4 Å². The zero-order chi connectivity index (χ0) is 11.1. The number of hydrogen-bond acceptors (Lipinski definition) is 4. The van der Waals surface area contributed by atoms with Gasteiger partial charge in [0.05, 0.1) is 12.4 Å². The van der Waals surface area contributed by atoms with Crippen molar-refractivity contribution in [3.8, 4) is 0 Å². The Hall–Kier alpha value is 0.120. The van der Waals surface area contributed by atoms with Gasteiger partial charge in [0.15, 0.2) is 0 Å². The van der Waals surface area contributed by atoms with Gasteiger partial charge < -0.3 is 10.1 Å². The van der Waals surface area contributed by atoms with Crippen LogP contribution in [0.15, 0.2) is 0 Å². The molecule has 5 nitrogen and oxygen atoms in total. The van der Waals surface area contributed by atoms with Crippen LogP contribution in [-0.2, 0) is 14.8 Å². The topological polar surface area (TPSA) is 67.4 Å². The molecule has 1 heterocycles. The van der Waals surface area contributed by atoms with E-state index in [1.54, 1.807) is 0 Å². The van der Waals surface area contributed by atoms with Crippen molar-refractivity contribution in [1.29, 1.82) is 0 Å². The summed E-state index contributed by atoms with van der Waals surface area (Å²) >= 11 is 0. The molecule has 0 bridgehead atoms. The van der Waals surface area contributed by atoms with Gasteiger partial charge in [-0.05, 0) is 25.8 Å². The van der Waals surface area contributed by atoms with Crippen molar-refractivity contribution in [1.82, 2.24) is 10.0 Å². The van der Waals surface area contributed by atoms with Crippen molar-refractivity contribution in [2.24, 2.45) is 0 Å². The summed E-state index contributed by atoms with van der Waals surface area (Å²) in [6, 6.07) is 0.482. The van der Waals surface area contributed by atoms with E-state index in [4.69, 9.17) is 4.74 Å². The molecule has 0 aromatic carbocycles. The molecule has 0 radical (unpaired) electrons. The first kappa shape index (κ1) is 16.1. The highest BCUT2D eigenvalue weighted by atomic mass is 35.5. The quantitative estimate of drug-likeness (QED) is 0.691. The molecule has 1 atom stereocenters. The fourth-order valence-corrected chi connectivity index (χ4v) is 2.62. The molecular formula is C9H21ClN2O3S. The molecular weight excluding hydrogens is 252 g/mol. The summed E-state index contributed by atoms with van der Waals surface area (Å²) in [4.78, 5) is 0. The van der Waals surface area contributed by atoms with Crippen LogP contribution in [0.4, 0.5) is 0 Å². The molecule has 0 aromatic heterocycles. The van der Waals surface area contributed by atoms with Crippen LogP contribution in [-0.4, -0.2) is 47.0 Å². The average Bonchev–Trinajstić information content (AvgIpc) is 2.67. The molecule has 7 heteroatoms. The van der Waals surface area contributed by atoms with E-state index in [-0.39, 0.29) is 24.8 Å². The van der Waals surface area contributed by atoms with Crippen LogP contribution < -0.4 is 10.0 Å². The summed E-state index contributed by atoms with van der Waals surface area (Å²) in [5, 5.41) is 3.33. The maximum atomic E-state index is 11.4. The highest BCUT2D eigenvalue weighted by Crippen LogP contribution is 2.07. The van der Waals surface area contributed by atoms with E-state index in [2.05, 4.69) is 10.0 Å². The minimum Gasteiger partial charge on any atom is -0.384 e. The zero-order valence-electron chi connectivity index (χ0n) is 9.57. The van der Waals surface area contributed by atoms with E-state index in [1.165, 1.54) is 13.5 Å². The predicted octanol–water partition coefficient (Wildman–Crippen LogP) is 0.116. The van der Waals surface area contributed by atoms with Gasteiger partial charge in [-0.1, -0.05) is 0 Å². The summed E-state index contributed by atoms with van der Waals surface area (Å²) in [6.45, 7) is 1.82. The number of rotatable bonds is 7. The summed E-state index contributed by atoms with van der Waals surface area (Å²) < 4.78 is 30.0. The predicted molar refractivity (Wildman–Crippen MR) is 66.6 cm³/mol. The number of sulfonamides is 1. The smallest absolute Gasteiger partial charge is 0.213 e. The van der Waals surface area contributed by atoms with Gasteiger partial charge in [-0.3, -0.25) is 0 Å². The van der Waals surface area contributed by atoms with E-state index < -0.39 is 10.0 Å². The van der Waals surface area contributed by atoms with Gasteiger partial charge in [-0.2, -0.15) is 0 Å². The third-order valence-corrected chi connectivity index (χ3v) is 3.88. The van der Waals surface area contributed by atoms with Crippen molar-refractivity contribution < 1.29 is 13.2 Å². The van der Waals surface area contributed by atoms with Gasteiger partial charge in [-0.25, -0.2) is 13.1 Å². The lowest BCUT2D eigenvalue weighted by Gasteiger charge is -2.10. The summed E-state index contributed by atoms with van der Waals surface area (Å²) in [6.07, 6.45) is 3.22. The van der Waals surface area contributed by atoms with Crippen molar-refractivity contribution in [3.63, 3.8) is 0 Å². The second-order valence-electron chi connectivity index (χ2n) is 3.79. The van der Waals surface area contributed by atoms with Crippen LogP contribution in [0.2, 0.25) is 0 Å². The Morgan fingerprint density at radius 1 is 1.50 bits per heavy atom. The van der Waals surface area contributed by atoms with Crippen molar-refractivity contribution in [2.45, 2.75) is 25.3 Å². The molecule has 0 aromatic rings. The average molecular weight is 273 g/mol. The molecule has 1 aliphatic heterocycles. The molecule has 0 amide bonds. The zero-order valence-corrected chi connectivity index (χ0v) is 11.2. The Morgan fingerprint density at radius 3 is 2.81 bits per heavy atom. The second-order valence-corrected chi connectivity index (χ2v) is 5.71. The molecule has 0 unspecified atom stereocenters. The second kappa shape index (κ2) is 8.25. The van der Waals surface area contributed by atoms with E-state index in [9.17, 15) is 8.42 Å². The van der Waals surface area contributed by atoms with Gasteiger partial charge in [0.2, 0.25) is 10.0 Å². The number of nitrogens with one attached hydrogen (secondary N) is 2. The van der Waals surface area contributed by atoms with Crippen LogP contribution in [0.25, 0.3) is 0 Å². The van der Waals surface area contributed by atoms with Crippen LogP contribution >= 0.6 is 12.4 Å². The highest BCUT2D eigenvalue weighted by molar-refractivity contribution is 7.89. The van der Waals surface area contributed by atoms with E-state index in [0.29, 0.717) is 12.6 Å². The molecule has 2 N–H and O–H groups in total. The Kier molecular flexibility index (Phi) is 8.31. The third kappa shape index (κ3) is 6.65. The Labute approximate surface area is 104 Å². The number of ether oxygens (including phenoxy) is 1. The number of hydrogen-bond donors (Lipinski definition) is 2. The van der Waals surface area contributed by atoms with Crippen LogP contribution in [0.1, 0.15) is 19.3 Å². The van der Waals surface area contributed by atoms with Crippen LogP contribution in [0.5, 0.6) is 0 Å². The van der Waals surface area contributed by atoms with E-state index in [1.807, 2.05) is 0 Å². The van der Waals surface area contributed by atoms with Gasteiger partial charge in [0.1, 0.15) is 0 Å². The van der Waals surface area contributed by atoms with Gasteiger partial charge in [0.25, 0.3) is 0 Å². The summed E-state index contributed by atoms with van der Waals surface area (Å²) in [5.41, 5.74) is 0. The Balaban J connectivity index is 0.00000225. The van der Waals surface area contributed by atoms with Gasteiger partial charge in [0, 0.05) is 19.7 Å². The van der Waals surface area contributed by atoms with Gasteiger partial charge in [-0.15, -0.1) is 12.4 Å². The molecule has 0 saturated carbocycles. The first-order valence-corrected chi connectivity index (χ1v) is 6.99. The monoisotopic (exact) mass is 272 g/mol. The normalized spacial score (nSPS) is 20.7. The lowest BCUT2D eigenvalue weighted by Crippen LogP contribution is -2.32. The molecule has 0 aliphatic carbocycles. The molecule has 16 heavy (non-hydrogen) atoms. The lowest BCUT2D eigenvalue weighted by atomic mass is 10.2. The molecule has 1 aliphatic rings. The molecule has 1 fully saturated rings. The van der Waals surface area contributed by atoms with Crippen LogP contribution in [0, 0.1) is 0 Å². The maximum Gasteiger partial charge on any atom is 0.213 e. The minimum absolute atomic E-state index is 0. The number of halogens is 1. The molecule has 0 spiro atoms. The van der Waals surface area contributed by atoms with Crippen molar-refractivity contribution >= 4 is 22.4 Å². The minimum atomic E-state index is -3.14.